The van der Waals surface area contributed by atoms with E-state index in [-0.39, 0.29) is 23.7 Å². The third kappa shape index (κ3) is 4.05. The van der Waals surface area contributed by atoms with Crippen LogP contribution in [0.2, 0.25) is 0 Å². The first kappa shape index (κ1) is 15.7. The Morgan fingerprint density at radius 1 is 1.53 bits per heavy atom. The van der Waals surface area contributed by atoms with Gasteiger partial charge in [0.25, 0.3) is 0 Å². The molecule has 0 aromatic rings. The van der Waals surface area contributed by atoms with Crippen molar-refractivity contribution in [1.29, 1.82) is 0 Å². The first-order valence-electron chi connectivity index (χ1n) is 6.81. The van der Waals surface area contributed by atoms with Gasteiger partial charge in [0.15, 0.2) is 0 Å². The second kappa shape index (κ2) is 6.69. The van der Waals surface area contributed by atoms with Gasteiger partial charge in [-0.05, 0) is 18.8 Å². The van der Waals surface area contributed by atoms with Crippen LogP contribution in [0.15, 0.2) is 17.9 Å². The minimum atomic E-state index is -1.60. The summed E-state index contributed by atoms with van der Waals surface area (Å²) in [6, 6.07) is 0. The molecule has 2 atom stereocenters. The molecule has 0 saturated heterocycles. The van der Waals surface area contributed by atoms with Crippen LogP contribution in [0.5, 0.6) is 0 Å². The molecule has 0 amide bonds. The number of carbonyl (C=O) groups excluding carboxylic acids is 1. The molecule has 1 rings (SSSR count). The van der Waals surface area contributed by atoms with Gasteiger partial charge in [0, 0.05) is 12.8 Å². The van der Waals surface area contributed by atoms with E-state index in [4.69, 9.17) is 5.11 Å². The van der Waals surface area contributed by atoms with Gasteiger partial charge in [-0.2, -0.15) is 0 Å². The number of carboxylic acid groups (broad SMARTS) is 1. The van der Waals surface area contributed by atoms with Crippen molar-refractivity contribution in [1.82, 2.24) is 0 Å². The van der Waals surface area contributed by atoms with Crippen molar-refractivity contribution in [2.24, 2.45) is 5.92 Å². The highest BCUT2D eigenvalue weighted by atomic mass is 16.4. The Balaban J connectivity index is 2.81. The van der Waals surface area contributed by atoms with E-state index in [2.05, 4.69) is 19.2 Å². The van der Waals surface area contributed by atoms with Crippen LogP contribution < -0.4 is 0 Å². The fraction of sp³-hybridized carbons (Fsp3) is 0.667. The van der Waals surface area contributed by atoms with Crippen LogP contribution in [0.25, 0.3) is 0 Å². The number of carboxylic acids is 1. The summed E-state index contributed by atoms with van der Waals surface area (Å²) in [5.74, 6) is -1.27. The second-order valence-electron chi connectivity index (χ2n) is 5.37. The summed E-state index contributed by atoms with van der Waals surface area (Å²) < 4.78 is 0. The maximum Gasteiger partial charge on any atom is 0.342 e. The zero-order valence-electron chi connectivity index (χ0n) is 11.4. The fourth-order valence-electron chi connectivity index (χ4n) is 2.86. The predicted molar refractivity (Wildman–Crippen MR) is 71.7 cm³/mol. The molecule has 106 valence electrons. The molecule has 19 heavy (non-hydrogen) atoms. The van der Waals surface area contributed by atoms with Crippen molar-refractivity contribution in [2.45, 2.75) is 57.5 Å². The fourth-order valence-corrected chi connectivity index (χ4v) is 2.86. The quantitative estimate of drug-likeness (QED) is 0.440. The topological polar surface area (TPSA) is 74.6 Å². The SMILES string of the molecule is C=C=C(C(=O)O)C1(O)CC(=O)CC(CCCCC)C1. The number of ketones is 1. The molecule has 0 aliphatic heterocycles. The average Bonchev–Trinajstić information content (AvgIpc) is 2.27. The van der Waals surface area contributed by atoms with Crippen LogP contribution in [-0.4, -0.2) is 27.6 Å². The van der Waals surface area contributed by atoms with Crippen molar-refractivity contribution in [2.75, 3.05) is 0 Å². The summed E-state index contributed by atoms with van der Waals surface area (Å²) >= 11 is 0. The minimum absolute atomic E-state index is 0.0560. The number of rotatable bonds is 6. The van der Waals surface area contributed by atoms with E-state index in [9.17, 15) is 14.7 Å². The van der Waals surface area contributed by atoms with E-state index in [0.29, 0.717) is 12.8 Å². The third-order valence-corrected chi connectivity index (χ3v) is 3.70. The van der Waals surface area contributed by atoms with E-state index >= 15 is 0 Å². The smallest absolute Gasteiger partial charge is 0.342 e. The molecule has 4 heteroatoms. The van der Waals surface area contributed by atoms with E-state index < -0.39 is 11.6 Å². The van der Waals surface area contributed by atoms with Gasteiger partial charge in [-0.1, -0.05) is 32.8 Å². The van der Waals surface area contributed by atoms with Crippen molar-refractivity contribution >= 4 is 11.8 Å². The molecule has 0 spiro atoms. The van der Waals surface area contributed by atoms with Crippen molar-refractivity contribution in [3.05, 3.63) is 17.9 Å². The number of carbonyl (C=O) groups is 2. The van der Waals surface area contributed by atoms with Gasteiger partial charge in [-0.25, -0.2) is 4.79 Å². The Labute approximate surface area is 113 Å². The Kier molecular flexibility index (Phi) is 5.52. The summed E-state index contributed by atoms with van der Waals surface area (Å²) in [5.41, 5.74) is 0.411. The molecule has 0 bridgehead atoms. The summed E-state index contributed by atoms with van der Waals surface area (Å²) in [6.45, 7) is 5.42. The monoisotopic (exact) mass is 266 g/mol. The van der Waals surface area contributed by atoms with Gasteiger partial charge in [0.05, 0.1) is 0 Å². The molecule has 1 fully saturated rings. The molecule has 1 aliphatic carbocycles. The number of unbranched alkanes of at least 4 members (excludes halogenated alkanes) is 2. The van der Waals surface area contributed by atoms with Crippen LogP contribution in [0.4, 0.5) is 0 Å². The van der Waals surface area contributed by atoms with Crippen LogP contribution in [0.1, 0.15) is 51.9 Å². The van der Waals surface area contributed by atoms with E-state index in [1.54, 1.807) is 0 Å². The van der Waals surface area contributed by atoms with E-state index in [1.165, 1.54) is 0 Å². The number of hydrogen-bond acceptors (Lipinski definition) is 3. The maximum atomic E-state index is 11.8. The molecule has 0 heterocycles. The molecule has 2 unspecified atom stereocenters. The molecule has 1 aliphatic rings. The van der Waals surface area contributed by atoms with Crippen LogP contribution in [0.3, 0.4) is 0 Å². The lowest BCUT2D eigenvalue weighted by molar-refractivity contribution is -0.138. The van der Waals surface area contributed by atoms with E-state index in [1.807, 2.05) is 0 Å². The minimum Gasteiger partial charge on any atom is -0.477 e. The second-order valence-corrected chi connectivity index (χ2v) is 5.37. The molecule has 2 N–H and O–H groups in total. The largest absolute Gasteiger partial charge is 0.477 e. The first-order chi connectivity index (χ1) is 8.92. The first-order valence-corrected chi connectivity index (χ1v) is 6.81. The summed E-state index contributed by atoms with van der Waals surface area (Å²) in [4.78, 5) is 22.8. The van der Waals surface area contributed by atoms with E-state index in [0.717, 1.165) is 25.7 Å². The molecular weight excluding hydrogens is 244 g/mol. The molecule has 0 aromatic heterocycles. The Morgan fingerprint density at radius 3 is 2.74 bits per heavy atom. The highest BCUT2D eigenvalue weighted by Crippen LogP contribution is 2.37. The zero-order chi connectivity index (χ0) is 14.5. The standard InChI is InChI=1S/C15H22O4/c1-3-5-6-7-11-8-12(16)10-15(19,9-11)13(4-2)14(17)18/h11,19H,2-3,5-10H2,1H3,(H,17,18). The highest BCUT2D eigenvalue weighted by molar-refractivity contribution is 5.91. The van der Waals surface area contributed by atoms with Crippen LogP contribution in [0, 0.1) is 5.92 Å². The van der Waals surface area contributed by atoms with Crippen LogP contribution in [-0.2, 0) is 9.59 Å². The van der Waals surface area contributed by atoms with Gasteiger partial charge in [-0.15, -0.1) is 5.73 Å². The molecular formula is C15H22O4. The summed E-state index contributed by atoms with van der Waals surface area (Å²) in [6.07, 6.45) is 4.66. The highest BCUT2D eigenvalue weighted by Gasteiger charge is 2.43. The Hall–Kier alpha value is -1.38. The lowest BCUT2D eigenvalue weighted by atomic mass is 9.72. The lowest BCUT2D eigenvalue weighted by Crippen LogP contribution is -2.43. The van der Waals surface area contributed by atoms with Gasteiger partial charge in [0.1, 0.15) is 17.0 Å². The number of aliphatic carboxylic acids is 1. The summed E-state index contributed by atoms with van der Waals surface area (Å²) in [5, 5.41) is 19.5. The van der Waals surface area contributed by atoms with Crippen LogP contribution >= 0.6 is 0 Å². The zero-order valence-corrected chi connectivity index (χ0v) is 11.4. The lowest BCUT2D eigenvalue weighted by Gasteiger charge is -2.35. The van der Waals surface area contributed by atoms with Gasteiger partial charge in [-0.3, -0.25) is 4.79 Å². The Morgan fingerprint density at radius 2 is 2.21 bits per heavy atom. The molecule has 0 radical (unpaired) electrons. The van der Waals surface area contributed by atoms with Gasteiger partial charge < -0.3 is 10.2 Å². The van der Waals surface area contributed by atoms with Crippen molar-refractivity contribution in [3.63, 3.8) is 0 Å². The average molecular weight is 266 g/mol. The summed E-state index contributed by atoms with van der Waals surface area (Å²) in [7, 11) is 0. The third-order valence-electron chi connectivity index (χ3n) is 3.70. The maximum absolute atomic E-state index is 11.8. The normalized spacial score (nSPS) is 26.8. The van der Waals surface area contributed by atoms with Gasteiger partial charge >= 0.3 is 5.97 Å². The van der Waals surface area contributed by atoms with Crippen molar-refractivity contribution in [3.8, 4) is 0 Å². The molecule has 4 nitrogen and oxygen atoms in total. The number of Topliss-reactive ketones (excluding diaryl/α,β-unsaturated/α-hetero) is 1. The predicted octanol–water partition coefficient (Wildman–Crippen LogP) is 2.46. The van der Waals surface area contributed by atoms with Crippen molar-refractivity contribution < 1.29 is 19.8 Å². The number of hydrogen-bond donors (Lipinski definition) is 2. The Bertz CT molecular complexity index is 406. The molecule has 1 saturated carbocycles. The number of aliphatic hydroxyl groups is 1. The molecule has 0 aromatic carbocycles. The van der Waals surface area contributed by atoms with Gasteiger partial charge in [0.2, 0.25) is 0 Å².